The van der Waals surface area contributed by atoms with Crippen LogP contribution in [0.2, 0.25) is 0 Å². The van der Waals surface area contributed by atoms with E-state index in [0.717, 1.165) is 0 Å². The molecule has 132 valence electrons. The van der Waals surface area contributed by atoms with Gasteiger partial charge in [0.25, 0.3) is 0 Å². The van der Waals surface area contributed by atoms with Crippen LogP contribution in [0, 0.1) is 5.92 Å². The summed E-state index contributed by atoms with van der Waals surface area (Å²) in [4.78, 5) is 38.5. The quantitative estimate of drug-likeness (QED) is 0.418. The Morgan fingerprint density at radius 3 is 2.67 bits per heavy atom. The summed E-state index contributed by atoms with van der Waals surface area (Å²) in [6.07, 6.45) is -1.36. The molecule has 5 atom stereocenters. The number of aliphatic hydroxyl groups is 2. The van der Waals surface area contributed by atoms with Crippen molar-refractivity contribution in [2.24, 2.45) is 11.7 Å². The minimum Gasteiger partial charge on any atom is -0.477 e. The molecule has 5 N–H and O–H groups in total. The zero-order valence-corrected chi connectivity index (χ0v) is 13.8. The number of aliphatic carboxylic acids is 1. The van der Waals surface area contributed by atoms with E-state index in [-0.39, 0.29) is 25.2 Å². The average Bonchev–Trinajstić information content (AvgIpc) is 2.97. The van der Waals surface area contributed by atoms with Gasteiger partial charge in [0.05, 0.1) is 24.2 Å². The van der Waals surface area contributed by atoms with Crippen molar-refractivity contribution in [3.05, 3.63) is 10.6 Å². The van der Waals surface area contributed by atoms with Gasteiger partial charge in [0.2, 0.25) is 11.8 Å². The van der Waals surface area contributed by atoms with Crippen LogP contribution in [0.1, 0.15) is 13.3 Å². The number of fused-ring (bicyclic) bond motifs is 1. The lowest BCUT2D eigenvalue weighted by Gasteiger charge is -2.43. The normalized spacial score (nSPS) is 34.3. The molecule has 9 nitrogen and oxygen atoms in total. The standard InChI is InChI=1S/C14H19N3O6S/c1-5(18)9-12(21)17-10(14(22)23)8(24-13(9)17)4-16-3-6(19)2-7(16)11(15)20/h5-7,9,13,18-19H,2-4H2,1H3,(H2,15,20)(H,22,23)/t5-,6-,7+,9+,13-/m1/s1. The third kappa shape index (κ3) is 2.59. The van der Waals surface area contributed by atoms with Crippen LogP contribution in [0.15, 0.2) is 10.6 Å². The third-order valence-corrected chi connectivity index (χ3v) is 5.98. The van der Waals surface area contributed by atoms with Gasteiger partial charge in [0, 0.05) is 18.0 Å². The topological polar surface area (TPSA) is 144 Å². The second-order valence-corrected chi connectivity index (χ2v) is 7.51. The molecule has 0 aromatic heterocycles. The maximum Gasteiger partial charge on any atom is 0.353 e. The number of hydrogen-bond donors (Lipinski definition) is 4. The summed E-state index contributed by atoms with van der Waals surface area (Å²) in [5.41, 5.74) is 5.23. The summed E-state index contributed by atoms with van der Waals surface area (Å²) < 4.78 is 0. The Bertz CT molecular complexity index is 636. The molecule has 0 aromatic carbocycles. The first kappa shape index (κ1) is 17.2. The Kier molecular flexibility index (Phi) is 4.32. The first-order chi connectivity index (χ1) is 11.2. The van der Waals surface area contributed by atoms with Crippen LogP contribution in [0.5, 0.6) is 0 Å². The van der Waals surface area contributed by atoms with E-state index in [1.54, 1.807) is 4.90 Å². The minimum absolute atomic E-state index is 0.114. The molecule has 10 heteroatoms. The summed E-state index contributed by atoms with van der Waals surface area (Å²) in [5, 5.41) is 28.5. The number of thioether (sulfide) groups is 1. The number of β-amino-alcohol motifs (C(OH)–C–C–N with tert-alkyl or cyclic N) is 1. The van der Waals surface area contributed by atoms with Gasteiger partial charge in [-0.05, 0) is 13.3 Å². The number of primary amides is 1. The number of carboxylic acids is 1. The molecule has 0 radical (unpaired) electrons. The Morgan fingerprint density at radius 2 is 2.12 bits per heavy atom. The number of nitrogens with two attached hydrogens (primary N) is 1. The van der Waals surface area contributed by atoms with E-state index in [4.69, 9.17) is 5.73 Å². The van der Waals surface area contributed by atoms with Gasteiger partial charge >= 0.3 is 5.97 Å². The number of carbonyl (C=O) groups excluding carboxylic acids is 2. The number of likely N-dealkylation sites (tertiary alicyclic amines) is 1. The number of β-lactam (4-membered cyclic amide) rings is 1. The maximum atomic E-state index is 12.1. The van der Waals surface area contributed by atoms with E-state index in [1.165, 1.54) is 23.6 Å². The number of nitrogens with zero attached hydrogens (tertiary/aromatic N) is 2. The molecule has 0 bridgehead atoms. The first-order valence-corrected chi connectivity index (χ1v) is 8.46. The van der Waals surface area contributed by atoms with Gasteiger partial charge in [-0.1, -0.05) is 0 Å². The maximum absolute atomic E-state index is 12.1. The number of hydrogen-bond acceptors (Lipinski definition) is 7. The van der Waals surface area contributed by atoms with E-state index in [2.05, 4.69) is 0 Å². The Labute approximate surface area is 142 Å². The van der Waals surface area contributed by atoms with Gasteiger partial charge in [-0.2, -0.15) is 0 Å². The van der Waals surface area contributed by atoms with Crippen molar-refractivity contribution in [3.63, 3.8) is 0 Å². The summed E-state index contributed by atoms with van der Waals surface area (Å²) >= 11 is 1.21. The van der Waals surface area contributed by atoms with Crippen LogP contribution in [0.3, 0.4) is 0 Å². The Balaban J connectivity index is 1.84. The number of carboxylic acid groups (broad SMARTS) is 1. The minimum atomic E-state index is -1.23. The molecule has 3 aliphatic heterocycles. The molecule has 3 aliphatic rings. The van der Waals surface area contributed by atoms with Crippen LogP contribution in [-0.4, -0.2) is 79.6 Å². The molecule has 0 spiro atoms. The van der Waals surface area contributed by atoms with E-state index in [1.807, 2.05) is 0 Å². The van der Waals surface area contributed by atoms with Crippen LogP contribution < -0.4 is 5.73 Å². The SMILES string of the molecule is C[C@@H](O)[C@H]1C(=O)N2C(C(=O)O)=C(CN3C[C@H](O)C[C@H]3C(N)=O)S[C@H]12. The highest BCUT2D eigenvalue weighted by atomic mass is 32.2. The lowest BCUT2D eigenvalue weighted by molar-refractivity contribution is -0.156. The van der Waals surface area contributed by atoms with Crippen molar-refractivity contribution in [2.75, 3.05) is 13.1 Å². The van der Waals surface area contributed by atoms with Gasteiger partial charge in [-0.15, -0.1) is 11.8 Å². The van der Waals surface area contributed by atoms with Crippen LogP contribution in [0.25, 0.3) is 0 Å². The zero-order chi connectivity index (χ0) is 17.8. The van der Waals surface area contributed by atoms with Crippen molar-refractivity contribution in [3.8, 4) is 0 Å². The van der Waals surface area contributed by atoms with Crippen LogP contribution >= 0.6 is 11.8 Å². The van der Waals surface area contributed by atoms with Gasteiger partial charge in [0.15, 0.2) is 0 Å². The highest BCUT2D eigenvalue weighted by Gasteiger charge is 2.57. The van der Waals surface area contributed by atoms with Crippen LogP contribution in [0.4, 0.5) is 0 Å². The van der Waals surface area contributed by atoms with Crippen LogP contribution in [-0.2, 0) is 14.4 Å². The van der Waals surface area contributed by atoms with Crippen molar-refractivity contribution < 1.29 is 29.7 Å². The monoisotopic (exact) mass is 357 g/mol. The average molecular weight is 357 g/mol. The predicted molar refractivity (Wildman–Crippen MR) is 83.2 cm³/mol. The number of rotatable bonds is 5. The second kappa shape index (κ2) is 6.03. The molecule has 3 rings (SSSR count). The molecule has 2 amide bonds. The third-order valence-electron chi connectivity index (χ3n) is 4.63. The van der Waals surface area contributed by atoms with Gasteiger partial charge < -0.3 is 21.1 Å². The molecule has 2 fully saturated rings. The molecular weight excluding hydrogens is 338 g/mol. The zero-order valence-electron chi connectivity index (χ0n) is 13.0. The number of aliphatic hydroxyl groups excluding tert-OH is 2. The fraction of sp³-hybridized carbons (Fsp3) is 0.643. The van der Waals surface area contributed by atoms with Crippen molar-refractivity contribution in [1.29, 1.82) is 0 Å². The van der Waals surface area contributed by atoms with Gasteiger partial charge in [-0.25, -0.2) is 4.79 Å². The molecule has 2 saturated heterocycles. The lowest BCUT2D eigenvalue weighted by Crippen LogP contribution is -2.60. The summed E-state index contributed by atoms with van der Waals surface area (Å²) in [7, 11) is 0. The molecule has 0 aromatic rings. The molecule has 0 aliphatic carbocycles. The van der Waals surface area contributed by atoms with E-state index in [0.29, 0.717) is 4.91 Å². The Morgan fingerprint density at radius 1 is 1.46 bits per heavy atom. The molecule has 0 unspecified atom stereocenters. The molecule has 0 saturated carbocycles. The van der Waals surface area contributed by atoms with E-state index in [9.17, 15) is 29.7 Å². The fourth-order valence-corrected chi connectivity index (χ4v) is 5.13. The van der Waals surface area contributed by atoms with Gasteiger partial charge in [0.1, 0.15) is 11.1 Å². The van der Waals surface area contributed by atoms with Gasteiger partial charge in [-0.3, -0.25) is 19.4 Å². The molecule has 3 heterocycles. The van der Waals surface area contributed by atoms with E-state index < -0.39 is 47.3 Å². The second-order valence-electron chi connectivity index (χ2n) is 6.30. The number of carbonyl (C=O) groups is 3. The first-order valence-electron chi connectivity index (χ1n) is 7.58. The van der Waals surface area contributed by atoms with Crippen molar-refractivity contribution in [1.82, 2.24) is 9.80 Å². The lowest BCUT2D eigenvalue weighted by atomic mass is 9.92. The Hall–Kier alpha value is -1.62. The van der Waals surface area contributed by atoms with Crippen molar-refractivity contribution >= 4 is 29.5 Å². The summed E-state index contributed by atoms with van der Waals surface area (Å²) in [5.74, 6) is -2.86. The van der Waals surface area contributed by atoms with E-state index >= 15 is 0 Å². The smallest absolute Gasteiger partial charge is 0.353 e. The molecular formula is C14H19N3O6S. The number of amides is 2. The highest BCUT2D eigenvalue weighted by molar-refractivity contribution is 8.04. The predicted octanol–water partition coefficient (Wildman–Crippen LogP) is -1.88. The molecule has 24 heavy (non-hydrogen) atoms. The highest BCUT2D eigenvalue weighted by Crippen LogP contribution is 2.50. The fourth-order valence-electron chi connectivity index (χ4n) is 3.50. The largest absolute Gasteiger partial charge is 0.477 e. The summed E-state index contributed by atoms with van der Waals surface area (Å²) in [6, 6.07) is -0.667. The van der Waals surface area contributed by atoms with Crippen molar-refractivity contribution in [2.45, 2.75) is 37.0 Å². The summed E-state index contributed by atoms with van der Waals surface area (Å²) in [6.45, 7) is 1.83.